The molecule has 2 fully saturated rings. The number of nitrogens with zero attached hydrogens (tertiary/aromatic N) is 5. The van der Waals surface area contributed by atoms with E-state index in [1.807, 2.05) is 25.5 Å². The average Bonchev–Trinajstić information content (AvgIpc) is 3.22. The smallest absolute Gasteiger partial charge is 0.250 e. The maximum Gasteiger partial charge on any atom is 0.250 e. The summed E-state index contributed by atoms with van der Waals surface area (Å²) in [6, 6.07) is 3.58. The molecule has 6 nitrogen and oxygen atoms in total. The van der Waals surface area contributed by atoms with Gasteiger partial charge in [-0.3, -0.25) is 9.48 Å². The second-order valence-electron chi connectivity index (χ2n) is 6.96. The number of rotatable bonds is 3. The molecule has 1 unspecified atom stereocenters. The van der Waals surface area contributed by atoms with E-state index in [1.54, 1.807) is 27.7 Å². The van der Waals surface area contributed by atoms with Crippen LogP contribution in [-0.2, 0) is 11.8 Å². The van der Waals surface area contributed by atoms with E-state index in [1.165, 1.54) is 24.2 Å². The molecule has 8 heteroatoms. The van der Waals surface area contributed by atoms with E-state index in [9.17, 15) is 13.6 Å². The van der Waals surface area contributed by atoms with Gasteiger partial charge in [0.2, 0.25) is 12.3 Å². The molecule has 1 aliphatic carbocycles. The molecule has 0 bridgehead atoms. The van der Waals surface area contributed by atoms with E-state index in [4.69, 9.17) is 0 Å². The first-order chi connectivity index (χ1) is 13.0. The summed E-state index contributed by atoms with van der Waals surface area (Å²) in [5, 5.41) is 8.39. The Kier molecular flexibility index (Phi) is 4.63. The van der Waals surface area contributed by atoms with Crippen molar-refractivity contribution in [1.29, 1.82) is 0 Å². The molecule has 1 saturated carbocycles. The molecule has 142 valence electrons. The Morgan fingerprint density at radius 3 is 2.52 bits per heavy atom. The average molecular weight is 373 g/mol. The van der Waals surface area contributed by atoms with Gasteiger partial charge >= 0.3 is 0 Å². The summed E-state index contributed by atoms with van der Waals surface area (Å²) in [4.78, 5) is 13.7. The first kappa shape index (κ1) is 17.6. The molecule has 1 saturated heterocycles. The van der Waals surface area contributed by atoms with Gasteiger partial charge in [0.25, 0.3) is 0 Å². The predicted octanol–water partition coefficient (Wildman–Crippen LogP) is 3.52. The van der Waals surface area contributed by atoms with Crippen LogP contribution in [0.2, 0.25) is 0 Å². The molecule has 1 aliphatic heterocycles. The van der Waals surface area contributed by atoms with Crippen molar-refractivity contribution in [3.8, 4) is 11.1 Å². The third-order valence-corrected chi connectivity index (χ3v) is 4.72. The maximum absolute atomic E-state index is 12.9. The fourth-order valence-corrected chi connectivity index (χ4v) is 3.13. The highest BCUT2D eigenvalue weighted by atomic mass is 19.3. The molecule has 2 aliphatic rings. The second-order valence-corrected chi connectivity index (χ2v) is 6.96. The van der Waals surface area contributed by atoms with E-state index in [2.05, 4.69) is 10.2 Å². The van der Waals surface area contributed by atoms with Crippen molar-refractivity contribution < 1.29 is 13.6 Å². The third kappa shape index (κ3) is 3.56. The summed E-state index contributed by atoms with van der Waals surface area (Å²) in [5.74, 6) is -1.74. The lowest BCUT2D eigenvalue weighted by Crippen LogP contribution is -2.29. The monoisotopic (exact) mass is 373 g/mol. The lowest BCUT2D eigenvalue weighted by atomic mass is 10.1. The molecule has 5 rings (SSSR count). The zero-order chi connectivity index (χ0) is 19.0. The Morgan fingerprint density at radius 2 is 1.93 bits per heavy atom. The minimum absolute atomic E-state index is 0.168. The van der Waals surface area contributed by atoms with Crippen LogP contribution in [0, 0.1) is 5.92 Å². The molecule has 1 atom stereocenters. The summed E-state index contributed by atoms with van der Waals surface area (Å²) in [6.45, 7) is 0.293. The van der Waals surface area contributed by atoms with Gasteiger partial charge in [-0.2, -0.15) is 10.2 Å². The SMILES string of the molecule is C1CC1.Cn1cc(-c2cc3c(N4CCC(C(F)F)C4=O)ccnn3c2)cn1. The Hall–Kier alpha value is -2.77. The van der Waals surface area contributed by atoms with Crippen molar-refractivity contribution in [1.82, 2.24) is 19.4 Å². The van der Waals surface area contributed by atoms with E-state index < -0.39 is 18.3 Å². The topological polar surface area (TPSA) is 55.4 Å². The molecule has 0 radical (unpaired) electrons. The number of amides is 1. The minimum atomic E-state index is -2.63. The van der Waals surface area contributed by atoms with Crippen LogP contribution < -0.4 is 4.90 Å². The van der Waals surface area contributed by atoms with Gasteiger partial charge in [0.05, 0.1) is 17.4 Å². The van der Waals surface area contributed by atoms with Gasteiger partial charge in [0.15, 0.2) is 0 Å². The number of carbonyl (C=O) groups is 1. The summed E-state index contributed by atoms with van der Waals surface area (Å²) in [7, 11) is 1.83. The van der Waals surface area contributed by atoms with Crippen LogP contribution in [0.1, 0.15) is 25.7 Å². The first-order valence-electron chi connectivity index (χ1n) is 9.10. The quantitative estimate of drug-likeness (QED) is 0.706. The molecule has 0 N–H and O–H groups in total. The van der Waals surface area contributed by atoms with Crippen LogP contribution in [0.5, 0.6) is 0 Å². The Bertz CT molecular complexity index is 959. The van der Waals surface area contributed by atoms with Crippen molar-refractivity contribution in [2.24, 2.45) is 13.0 Å². The number of alkyl halides is 2. The normalized spacial score (nSPS) is 18.9. The number of hydrogen-bond acceptors (Lipinski definition) is 3. The van der Waals surface area contributed by atoms with Crippen LogP contribution in [-0.4, -0.2) is 38.3 Å². The van der Waals surface area contributed by atoms with Crippen LogP contribution >= 0.6 is 0 Å². The summed E-state index contributed by atoms with van der Waals surface area (Å²) in [6.07, 6.45) is 9.06. The standard InChI is InChI=1S/C16H15F2N5O.C3H6/c1-21-8-11(7-20-21)10-6-14-13(2-4-19-23(14)9-10)22-5-3-12(15(17)18)16(22)24;1-2-3-1/h2,4,6-9,12,15H,3,5H2,1H3;1-3H2. The highest BCUT2D eigenvalue weighted by Gasteiger charge is 2.39. The zero-order valence-electron chi connectivity index (χ0n) is 15.1. The van der Waals surface area contributed by atoms with Gasteiger partial charge in [-0.1, -0.05) is 19.3 Å². The van der Waals surface area contributed by atoms with E-state index in [0.29, 0.717) is 17.7 Å². The maximum atomic E-state index is 12.9. The van der Waals surface area contributed by atoms with E-state index in [0.717, 1.165) is 11.1 Å². The predicted molar refractivity (Wildman–Crippen MR) is 97.7 cm³/mol. The van der Waals surface area contributed by atoms with Crippen molar-refractivity contribution in [2.45, 2.75) is 32.1 Å². The van der Waals surface area contributed by atoms with Crippen molar-refractivity contribution in [2.75, 3.05) is 11.4 Å². The van der Waals surface area contributed by atoms with Gasteiger partial charge in [-0.15, -0.1) is 0 Å². The molecule has 1 amide bonds. The first-order valence-corrected chi connectivity index (χ1v) is 9.10. The molecule has 0 spiro atoms. The minimum Gasteiger partial charge on any atom is -0.310 e. The molecule has 27 heavy (non-hydrogen) atoms. The molecule has 4 heterocycles. The third-order valence-electron chi connectivity index (χ3n) is 4.72. The molecule has 3 aromatic heterocycles. The van der Waals surface area contributed by atoms with Gasteiger partial charge in [-0.25, -0.2) is 13.3 Å². The molecular weight excluding hydrogens is 352 g/mol. The summed E-state index contributed by atoms with van der Waals surface area (Å²) in [5.41, 5.74) is 3.14. The Morgan fingerprint density at radius 1 is 1.15 bits per heavy atom. The fraction of sp³-hybridized carbons (Fsp3) is 0.421. The highest BCUT2D eigenvalue weighted by Crippen LogP contribution is 2.33. The number of anilines is 1. The number of hydrogen-bond donors (Lipinski definition) is 0. The Labute approximate surface area is 155 Å². The summed E-state index contributed by atoms with van der Waals surface area (Å²) < 4.78 is 29.2. The van der Waals surface area contributed by atoms with Crippen LogP contribution in [0.25, 0.3) is 16.6 Å². The Balaban J connectivity index is 0.000000547. The van der Waals surface area contributed by atoms with Gasteiger partial charge in [0.1, 0.15) is 5.92 Å². The van der Waals surface area contributed by atoms with E-state index in [-0.39, 0.29) is 6.42 Å². The van der Waals surface area contributed by atoms with Crippen LogP contribution in [0.15, 0.2) is 36.9 Å². The number of halogens is 2. The highest BCUT2D eigenvalue weighted by molar-refractivity contribution is 6.01. The largest absolute Gasteiger partial charge is 0.310 e. The van der Waals surface area contributed by atoms with E-state index >= 15 is 0 Å². The molecule has 0 aromatic carbocycles. The summed E-state index contributed by atoms with van der Waals surface area (Å²) >= 11 is 0. The van der Waals surface area contributed by atoms with Gasteiger partial charge in [-0.05, 0) is 18.6 Å². The number of carbonyl (C=O) groups excluding carboxylic acids is 1. The number of aromatic nitrogens is 4. The van der Waals surface area contributed by atoms with Gasteiger partial charge < -0.3 is 4.90 Å². The van der Waals surface area contributed by atoms with Crippen molar-refractivity contribution in [3.63, 3.8) is 0 Å². The zero-order valence-corrected chi connectivity index (χ0v) is 15.1. The van der Waals surface area contributed by atoms with Gasteiger partial charge in [0, 0.05) is 43.3 Å². The lowest BCUT2D eigenvalue weighted by Gasteiger charge is -2.17. The lowest BCUT2D eigenvalue weighted by molar-refractivity contribution is -0.124. The van der Waals surface area contributed by atoms with Crippen LogP contribution in [0.3, 0.4) is 0 Å². The molecular formula is C19H21F2N5O. The second kappa shape index (κ2) is 7.09. The van der Waals surface area contributed by atoms with Crippen molar-refractivity contribution in [3.05, 3.63) is 36.9 Å². The number of fused-ring (bicyclic) bond motifs is 1. The van der Waals surface area contributed by atoms with Crippen molar-refractivity contribution >= 4 is 17.1 Å². The number of aryl methyl sites for hydroxylation is 1. The van der Waals surface area contributed by atoms with Crippen LogP contribution in [0.4, 0.5) is 14.5 Å². The fourth-order valence-electron chi connectivity index (χ4n) is 3.13. The molecule has 3 aromatic rings.